The maximum Gasteiger partial charge on any atom is 0.111 e. The summed E-state index contributed by atoms with van der Waals surface area (Å²) in [6, 6.07) is 19.7. The van der Waals surface area contributed by atoms with Crippen LogP contribution < -0.4 is 0 Å². The monoisotopic (exact) mass is 271 g/mol. The molecular weight excluding hydrogens is 252 g/mol. The van der Waals surface area contributed by atoms with Crippen LogP contribution in [0, 0.1) is 0 Å². The van der Waals surface area contributed by atoms with Gasteiger partial charge in [0.2, 0.25) is 0 Å². The van der Waals surface area contributed by atoms with E-state index < -0.39 is 6.10 Å². The highest BCUT2D eigenvalue weighted by molar-refractivity contribution is 5.14. The predicted molar refractivity (Wildman–Crippen MR) is 76.7 cm³/mol. The van der Waals surface area contributed by atoms with Gasteiger partial charge in [-0.2, -0.15) is 0 Å². The first-order valence-electron chi connectivity index (χ1n) is 6.74. The molecule has 0 saturated heterocycles. The van der Waals surface area contributed by atoms with Gasteiger partial charge < -0.3 is 9.47 Å². The highest BCUT2D eigenvalue weighted by Gasteiger charge is 2.09. The molecule has 0 spiro atoms. The Kier molecular flexibility index (Phi) is 6.24. The van der Waals surface area contributed by atoms with E-state index >= 15 is 0 Å². The molecule has 0 bridgehead atoms. The van der Waals surface area contributed by atoms with Gasteiger partial charge in [0, 0.05) is 0 Å². The van der Waals surface area contributed by atoms with Crippen LogP contribution in [-0.4, -0.2) is 19.3 Å². The van der Waals surface area contributed by atoms with Crippen LogP contribution in [0.15, 0.2) is 60.7 Å². The lowest BCUT2D eigenvalue weighted by Gasteiger charge is -2.15. The second kappa shape index (κ2) is 8.48. The molecule has 2 aromatic rings. The summed E-state index contributed by atoms with van der Waals surface area (Å²) in [5, 5.41) is 11.1. The number of rotatable bonds is 8. The molecule has 1 unspecified atom stereocenters. The van der Waals surface area contributed by atoms with Crippen LogP contribution in [0.2, 0.25) is 0 Å². The zero-order chi connectivity index (χ0) is 14.0. The standard InChI is InChI=1S/C17H19O3/c18-11-17(20-13-16-9-5-2-6-10-16)14-19-12-15-7-3-1-4-8-15/h1-10,17H,11-14H2. The Bertz CT molecular complexity index is 470. The summed E-state index contributed by atoms with van der Waals surface area (Å²) < 4.78 is 11.1. The Morgan fingerprint density at radius 2 is 1.35 bits per heavy atom. The number of hydrogen-bond acceptors (Lipinski definition) is 2. The van der Waals surface area contributed by atoms with E-state index in [1.807, 2.05) is 60.7 Å². The quantitative estimate of drug-likeness (QED) is 0.739. The van der Waals surface area contributed by atoms with Gasteiger partial charge in [-0.1, -0.05) is 60.7 Å². The largest absolute Gasteiger partial charge is 0.374 e. The van der Waals surface area contributed by atoms with Gasteiger partial charge in [0.05, 0.1) is 19.8 Å². The first-order valence-corrected chi connectivity index (χ1v) is 6.74. The molecular formula is C17H19O3. The maximum atomic E-state index is 11.1. The topological polar surface area (TPSA) is 38.4 Å². The van der Waals surface area contributed by atoms with Gasteiger partial charge in [-0.05, 0) is 11.1 Å². The Labute approximate surface area is 119 Å². The molecule has 0 fully saturated rings. The lowest BCUT2D eigenvalue weighted by Crippen LogP contribution is -2.23. The average Bonchev–Trinajstić information content (AvgIpc) is 2.52. The van der Waals surface area contributed by atoms with Crippen molar-refractivity contribution in [1.29, 1.82) is 0 Å². The molecule has 2 aromatic carbocycles. The summed E-state index contributed by atoms with van der Waals surface area (Å²) in [5.41, 5.74) is 2.16. The zero-order valence-electron chi connectivity index (χ0n) is 11.4. The van der Waals surface area contributed by atoms with E-state index in [9.17, 15) is 5.11 Å². The van der Waals surface area contributed by atoms with Gasteiger partial charge in [-0.25, -0.2) is 5.11 Å². The highest BCUT2D eigenvalue weighted by atomic mass is 16.5. The van der Waals surface area contributed by atoms with E-state index in [2.05, 4.69) is 0 Å². The minimum Gasteiger partial charge on any atom is -0.374 e. The summed E-state index contributed by atoms with van der Waals surface area (Å²) >= 11 is 0. The third kappa shape index (κ3) is 5.13. The lowest BCUT2D eigenvalue weighted by molar-refractivity contribution is -0.0667. The summed E-state index contributed by atoms with van der Waals surface area (Å²) in [6.45, 7) is 0.987. The minimum atomic E-state index is -0.404. The van der Waals surface area contributed by atoms with E-state index in [1.54, 1.807) is 0 Å². The molecule has 0 aliphatic rings. The first kappa shape index (κ1) is 14.7. The number of benzene rings is 2. The van der Waals surface area contributed by atoms with Crippen LogP contribution in [0.4, 0.5) is 0 Å². The molecule has 2 rings (SSSR count). The summed E-state index contributed by atoms with van der Waals surface area (Å²) in [4.78, 5) is 0. The van der Waals surface area contributed by atoms with Crippen molar-refractivity contribution in [2.24, 2.45) is 0 Å². The van der Waals surface area contributed by atoms with Crippen molar-refractivity contribution in [1.82, 2.24) is 0 Å². The molecule has 3 heteroatoms. The van der Waals surface area contributed by atoms with E-state index in [-0.39, 0.29) is 6.61 Å². The minimum absolute atomic E-state index is 0.290. The van der Waals surface area contributed by atoms with Crippen molar-refractivity contribution in [3.05, 3.63) is 71.8 Å². The number of ether oxygens (including phenoxy) is 2. The van der Waals surface area contributed by atoms with Gasteiger partial charge >= 0.3 is 0 Å². The van der Waals surface area contributed by atoms with Crippen molar-refractivity contribution in [3.8, 4) is 0 Å². The summed E-state index contributed by atoms with van der Waals surface area (Å²) in [7, 11) is 0. The Morgan fingerprint density at radius 1 is 0.800 bits per heavy atom. The van der Waals surface area contributed by atoms with Crippen LogP contribution in [-0.2, 0) is 27.8 Å². The fraction of sp³-hybridized carbons (Fsp3) is 0.294. The SMILES string of the molecule is [O]CC(COCc1ccccc1)OCc1ccccc1. The molecule has 0 saturated carbocycles. The summed E-state index contributed by atoms with van der Waals surface area (Å²) in [5.74, 6) is 0. The lowest BCUT2D eigenvalue weighted by atomic mass is 10.2. The molecule has 1 radical (unpaired) electrons. The van der Waals surface area contributed by atoms with Crippen molar-refractivity contribution >= 4 is 0 Å². The van der Waals surface area contributed by atoms with Crippen LogP contribution in [0.25, 0.3) is 0 Å². The highest BCUT2D eigenvalue weighted by Crippen LogP contribution is 2.06. The van der Waals surface area contributed by atoms with Gasteiger partial charge in [0.25, 0.3) is 0 Å². The Hall–Kier alpha value is -1.68. The molecule has 0 amide bonds. The molecule has 3 nitrogen and oxygen atoms in total. The maximum absolute atomic E-state index is 11.1. The molecule has 20 heavy (non-hydrogen) atoms. The fourth-order valence-electron chi connectivity index (χ4n) is 1.82. The van der Waals surface area contributed by atoms with Crippen molar-refractivity contribution in [2.45, 2.75) is 19.3 Å². The van der Waals surface area contributed by atoms with Crippen molar-refractivity contribution < 1.29 is 14.6 Å². The zero-order valence-corrected chi connectivity index (χ0v) is 11.4. The second-order valence-electron chi connectivity index (χ2n) is 4.59. The van der Waals surface area contributed by atoms with Gasteiger partial charge in [-0.3, -0.25) is 0 Å². The molecule has 0 heterocycles. The fourth-order valence-corrected chi connectivity index (χ4v) is 1.82. The molecule has 0 aliphatic heterocycles. The summed E-state index contributed by atoms with van der Waals surface area (Å²) in [6.07, 6.45) is -0.404. The van der Waals surface area contributed by atoms with E-state index in [0.29, 0.717) is 19.8 Å². The van der Waals surface area contributed by atoms with Gasteiger partial charge in [-0.15, -0.1) is 0 Å². The van der Waals surface area contributed by atoms with Gasteiger partial charge in [0.15, 0.2) is 0 Å². The Morgan fingerprint density at radius 3 is 1.90 bits per heavy atom. The first-order chi connectivity index (χ1) is 9.88. The van der Waals surface area contributed by atoms with Crippen molar-refractivity contribution in [2.75, 3.05) is 13.2 Å². The van der Waals surface area contributed by atoms with Crippen LogP contribution in [0.3, 0.4) is 0 Å². The van der Waals surface area contributed by atoms with E-state index in [0.717, 1.165) is 11.1 Å². The predicted octanol–water partition coefficient (Wildman–Crippen LogP) is 3.22. The smallest absolute Gasteiger partial charge is 0.111 e. The van der Waals surface area contributed by atoms with E-state index in [4.69, 9.17) is 9.47 Å². The van der Waals surface area contributed by atoms with E-state index in [1.165, 1.54) is 0 Å². The molecule has 0 aromatic heterocycles. The van der Waals surface area contributed by atoms with Crippen molar-refractivity contribution in [3.63, 3.8) is 0 Å². The van der Waals surface area contributed by atoms with Crippen LogP contribution in [0.1, 0.15) is 11.1 Å². The molecule has 1 atom stereocenters. The molecule has 0 aliphatic carbocycles. The molecule has 0 N–H and O–H groups in total. The average molecular weight is 271 g/mol. The Balaban J connectivity index is 1.70. The molecule has 105 valence electrons. The third-order valence-electron chi connectivity index (χ3n) is 2.93. The third-order valence-corrected chi connectivity index (χ3v) is 2.93. The second-order valence-corrected chi connectivity index (χ2v) is 4.59. The number of hydrogen-bond donors (Lipinski definition) is 0. The normalized spacial score (nSPS) is 12.2. The van der Waals surface area contributed by atoms with Crippen LogP contribution in [0.5, 0.6) is 0 Å². The van der Waals surface area contributed by atoms with Crippen LogP contribution >= 0.6 is 0 Å². The van der Waals surface area contributed by atoms with Gasteiger partial charge in [0.1, 0.15) is 12.7 Å².